The van der Waals surface area contributed by atoms with Crippen LogP contribution in [-0.2, 0) is 16.1 Å². The number of ether oxygens (including phenoxy) is 1. The van der Waals surface area contributed by atoms with Crippen LogP contribution in [0.5, 0.6) is 0 Å². The molecule has 43 heavy (non-hydrogen) atoms. The maximum absolute atomic E-state index is 12.7. The molecular formula is C35H42N6O2. The van der Waals surface area contributed by atoms with E-state index in [1.54, 1.807) is 7.11 Å². The fourth-order valence-electron chi connectivity index (χ4n) is 7.78. The molecule has 8 heteroatoms. The van der Waals surface area contributed by atoms with Gasteiger partial charge in [0.15, 0.2) is 0 Å². The van der Waals surface area contributed by atoms with Crippen LogP contribution < -0.4 is 9.80 Å². The zero-order valence-corrected chi connectivity index (χ0v) is 26.0. The van der Waals surface area contributed by atoms with Crippen molar-refractivity contribution in [1.82, 2.24) is 14.8 Å². The standard InChI is InChI=1S/C35H42N6O2/c1-7-31(42)41-23(3)18-40(19-24(41)4)35-26(17-36)34(29-15-10-16-38(29)5)37-27-20-39(21-30(43-6)33(27)35)28-14-9-13-25-12-8-11-22(2)32(25)28/h7-9,11-14,23-24,29-30H,1,10,15-16,18-21H2,2-6H3/t23-,24+,29?,30?. The van der Waals surface area contributed by atoms with Gasteiger partial charge in [-0.2, -0.15) is 5.26 Å². The van der Waals surface area contributed by atoms with Gasteiger partial charge in [-0.3, -0.25) is 14.7 Å². The van der Waals surface area contributed by atoms with Crippen LogP contribution in [0.25, 0.3) is 10.8 Å². The molecule has 3 aliphatic heterocycles. The first kappa shape index (κ1) is 29.2. The van der Waals surface area contributed by atoms with E-state index in [4.69, 9.17) is 9.72 Å². The highest BCUT2D eigenvalue weighted by atomic mass is 16.5. The molecule has 0 spiro atoms. The Morgan fingerprint density at radius 3 is 2.47 bits per heavy atom. The molecule has 1 aromatic heterocycles. The number of amides is 1. The molecule has 2 unspecified atom stereocenters. The maximum Gasteiger partial charge on any atom is 0.246 e. The summed E-state index contributed by atoms with van der Waals surface area (Å²) in [6, 6.07) is 15.5. The number of aromatic nitrogens is 1. The van der Waals surface area contributed by atoms with Crippen LogP contribution in [0.1, 0.15) is 66.9 Å². The third-order valence-electron chi connectivity index (χ3n) is 9.69. The summed E-state index contributed by atoms with van der Waals surface area (Å²) in [5.41, 5.74) is 6.85. The van der Waals surface area contributed by atoms with Crippen molar-refractivity contribution >= 4 is 28.1 Å². The van der Waals surface area contributed by atoms with Crippen LogP contribution in [-0.4, -0.2) is 73.1 Å². The molecular weight excluding hydrogens is 536 g/mol. The molecule has 2 saturated heterocycles. The second kappa shape index (κ2) is 11.6. The molecule has 6 rings (SSSR count). The first-order chi connectivity index (χ1) is 20.8. The van der Waals surface area contributed by atoms with Gasteiger partial charge in [-0.1, -0.05) is 36.9 Å². The molecule has 8 nitrogen and oxygen atoms in total. The van der Waals surface area contributed by atoms with E-state index >= 15 is 0 Å². The Morgan fingerprint density at radius 1 is 1.12 bits per heavy atom. The van der Waals surface area contributed by atoms with Crippen LogP contribution in [0, 0.1) is 18.3 Å². The molecule has 1 amide bonds. The Morgan fingerprint density at radius 2 is 1.84 bits per heavy atom. The number of aryl methyl sites for hydroxylation is 1. The van der Waals surface area contributed by atoms with Gasteiger partial charge < -0.3 is 19.4 Å². The maximum atomic E-state index is 12.7. The second-order valence-electron chi connectivity index (χ2n) is 12.4. The van der Waals surface area contributed by atoms with Gasteiger partial charge in [-0.15, -0.1) is 0 Å². The highest BCUT2D eigenvalue weighted by Crippen LogP contribution is 2.45. The lowest BCUT2D eigenvalue weighted by molar-refractivity contribution is -0.130. The Hall–Kier alpha value is -3.93. The van der Waals surface area contributed by atoms with Crippen molar-refractivity contribution in [1.29, 1.82) is 5.26 Å². The lowest BCUT2D eigenvalue weighted by atomic mass is 9.91. The number of rotatable bonds is 5. The lowest BCUT2D eigenvalue weighted by Crippen LogP contribution is -2.59. The number of likely N-dealkylation sites (tertiary alicyclic amines) is 1. The van der Waals surface area contributed by atoms with Gasteiger partial charge in [0.1, 0.15) is 12.2 Å². The first-order valence-electron chi connectivity index (χ1n) is 15.4. The van der Waals surface area contributed by atoms with Gasteiger partial charge in [0.25, 0.3) is 0 Å². The largest absolute Gasteiger partial charge is 0.375 e. The summed E-state index contributed by atoms with van der Waals surface area (Å²) in [4.78, 5) is 27.0. The van der Waals surface area contributed by atoms with Gasteiger partial charge >= 0.3 is 0 Å². The summed E-state index contributed by atoms with van der Waals surface area (Å²) in [7, 11) is 3.89. The number of fused-ring (bicyclic) bond motifs is 2. The van der Waals surface area contributed by atoms with Crippen LogP contribution in [0.3, 0.4) is 0 Å². The fourth-order valence-corrected chi connectivity index (χ4v) is 7.78. The minimum Gasteiger partial charge on any atom is -0.375 e. The number of carbonyl (C=O) groups excluding carboxylic acids is 1. The summed E-state index contributed by atoms with van der Waals surface area (Å²) >= 11 is 0. The van der Waals surface area contributed by atoms with Crippen molar-refractivity contribution in [3.8, 4) is 6.07 Å². The molecule has 0 aliphatic carbocycles. The molecule has 0 radical (unpaired) electrons. The van der Waals surface area contributed by atoms with Crippen molar-refractivity contribution in [3.05, 3.63) is 77.1 Å². The third-order valence-corrected chi connectivity index (χ3v) is 9.69. The number of pyridine rings is 1. The zero-order valence-electron chi connectivity index (χ0n) is 26.0. The van der Waals surface area contributed by atoms with E-state index in [0.29, 0.717) is 31.7 Å². The van der Waals surface area contributed by atoms with Gasteiger partial charge in [-0.25, -0.2) is 0 Å². The van der Waals surface area contributed by atoms with Crippen LogP contribution in [0.15, 0.2) is 49.1 Å². The predicted octanol–water partition coefficient (Wildman–Crippen LogP) is 5.50. The topological polar surface area (TPSA) is 75.9 Å². The molecule has 2 fully saturated rings. The number of methoxy groups -OCH3 is 1. The molecule has 0 saturated carbocycles. The Kier molecular flexibility index (Phi) is 7.89. The Labute approximate surface area is 255 Å². The van der Waals surface area contributed by atoms with E-state index in [2.05, 4.69) is 91.6 Å². The molecule has 4 atom stereocenters. The van der Waals surface area contributed by atoms with Gasteiger partial charge in [0.2, 0.25) is 5.91 Å². The number of nitriles is 1. The molecule has 0 bridgehead atoms. The molecule has 224 valence electrons. The molecule has 2 aromatic carbocycles. The minimum atomic E-state index is -0.272. The highest BCUT2D eigenvalue weighted by molar-refractivity contribution is 5.97. The van der Waals surface area contributed by atoms with E-state index in [0.717, 1.165) is 42.0 Å². The molecule has 0 N–H and O–H groups in total. The highest BCUT2D eigenvalue weighted by Gasteiger charge is 2.40. The third kappa shape index (κ3) is 4.95. The van der Waals surface area contributed by atoms with Crippen LogP contribution >= 0.6 is 0 Å². The zero-order chi connectivity index (χ0) is 30.4. The van der Waals surface area contributed by atoms with E-state index in [-0.39, 0.29) is 30.1 Å². The number of hydrogen-bond acceptors (Lipinski definition) is 7. The van der Waals surface area contributed by atoms with E-state index < -0.39 is 0 Å². The van der Waals surface area contributed by atoms with Gasteiger partial charge in [0, 0.05) is 55.5 Å². The smallest absolute Gasteiger partial charge is 0.246 e. The number of carbonyl (C=O) groups is 1. The number of anilines is 2. The van der Waals surface area contributed by atoms with Crippen molar-refractivity contribution in [2.75, 3.05) is 50.1 Å². The van der Waals surface area contributed by atoms with Crippen molar-refractivity contribution in [2.45, 2.75) is 64.4 Å². The minimum absolute atomic E-state index is 0.0399. The fraction of sp³-hybridized carbons (Fsp3) is 0.457. The monoisotopic (exact) mass is 578 g/mol. The van der Waals surface area contributed by atoms with Crippen LogP contribution in [0.2, 0.25) is 0 Å². The summed E-state index contributed by atoms with van der Waals surface area (Å²) < 4.78 is 6.25. The average molecular weight is 579 g/mol. The SMILES string of the molecule is C=CC(=O)N1[C@H](C)CN(c2c(C#N)c(C3CCCN3C)nc3c2C(OC)CN(c2cccc4cccc(C)c24)C3)C[C@@H]1C. The lowest BCUT2D eigenvalue weighted by Gasteiger charge is -2.47. The van der Waals surface area contributed by atoms with Crippen LogP contribution in [0.4, 0.5) is 11.4 Å². The van der Waals surface area contributed by atoms with E-state index in [1.165, 1.54) is 28.1 Å². The van der Waals surface area contributed by atoms with Crippen molar-refractivity contribution in [2.24, 2.45) is 0 Å². The average Bonchev–Trinajstić information content (AvgIpc) is 3.44. The summed E-state index contributed by atoms with van der Waals surface area (Å²) in [5, 5.41) is 13.2. The number of benzene rings is 2. The number of nitrogens with zero attached hydrogens (tertiary/aromatic N) is 6. The first-order valence-corrected chi connectivity index (χ1v) is 15.4. The summed E-state index contributed by atoms with van der Waals surface area (Å²) in [6.45, 7) is 13.6. The Bertz CT molecular complexity index is 1590. The quantitative estimate of drug-likeness (QED) is 0.370. The number of piperazine rings is 1. The molecule has 3 aliphatic rings. The summed E-state index contributed by atoms with van der Waals surface area (Å²) in [5.74, 6) is -0.0547. The summed E-state index contributed by atoms with van der Waals surface area (Å²) in [6.07, 6.45) is 3.19. The molecule has 4 heterocycles. The van der Waals surface area contributed by atoms with E-state index in [1.807, 2.05) is 4.90 Å². The van der Waals surface area contributed by atoms with E-state index in [9.17, 15) is 10.1 Å². The predicted molar refractivity (Wildman–Crippen MR) is 171 cm³/mol. The number of hydrogen-bond donors (Lipinski definition) is 0. The second-order valence-corrected chi connectivity index (χ2v) is 12.4. The normalized spacial score (nSPS) is 24.2. The van der Waals surface area contributed by atoms with Gasteiger partial charge in [0.05, 0.1) is 35.2 Å². The molecule has 3 aromatic rings. The Balaban J connectivity index is 1.52. The van der Waals surface area contributed by atoms with Gasteiger partial charge in [-0.05, 0) is 70.3 Å². The van der Waals surface area contributed by atoms with Crippen molar-refractivity contribution < 1.29 is 9.53 Å². The van der Waals surface area contributed by atoms with Crippen molar-refractivity contribution in [3.63, 3.8) is 0 Å².